The van der Waals surface area contributed by atoms with E-state index < -0.39 is 4.92 Å². The number of nitro benzene ring substituents is 1. The van der Waals surface area contributed by atoms with E-state index in [0.717, 1.165) is 39.2 Å². The molecule has 0 saturated carbocycles. The van der Waals surface area contributed by atoms with E-state index >= 15 is 0 Å². The summed E-state index contributed by atoms with van der Waals surface area (Å²) in [4.78, 5) is 25.7. The Morgan fingerprint density at radius 2 is 1.52 bits per heavy atom. The largest absolute Gasteiger partial charge is 0.276 e. The predicted molar refractivity (Wildman–Crippen MR) is 124 cm³/mol. The molecule has 0 atom stereocenters. The molecule has 0 fully saturated rings. The van der Waals surface area contributed by atoms with E-state index in [4.69, 9.17) is 0 Å². The molecular weight excluding hydrogens is 388 g/mol. The zero-order chi connectivity index (χ0) is 22.1. The van der Waals surface area contributed by atoms with Gasteiger partial charge in [-0.05, 0) is 73.4 Å². The first-order chi connectivity index (χ1) is 14.8. The first kappa shape index (κ1) is 20.3. The number of non-ortho nitro benzene ring substituents is 1. The van der Waals surface area contributed by atoms with Gasteiger partial charge >= 0.3 is 0 Å². The van der Waals surface area contributed by atoms with Crippen LogP contribution in [0.1, 0.15) is 27.8 Å². The van der Waals surface area contributed by atoms with Crippen molar-refractivity contribution < 1.29 is 9.72 Å². The van der Waals surface area contributed by atoms with Crippen molar-refractivity contribution in [3.63, 3.8) is 0 Å². The summed E-state index contributed by atoms with van der Waals surface area (Å²) in [6.45, 7) is 6.03. The van der Waals surface area contributed by atoms with E-state index in [9.17, 15) is 14.9 Å². The fourth-order valence-corrected chi connectivity index (χ4v) is 3.62. The summed E-state index contributed by atoms with van der Waals surface area (Å²) >= 11 is 0. The van der Waals surface area contributed by atoms with Gasteiger partial charge in [0.15, 0.2) is 0 Å². The molecule has 0 aromatic heterocycles. The highest BCUT2D eigenvalue weighted by Gasteiger charge is 2.31. The predicted octanol–water partition coefficient (Wildman–Crippen LogP) is 5.99. The summed E-state index contributed by atoms with van der Waals surface area (Å²) in [6, 6.07) is 20.3. The minimum Gasteiger partial charge on any atom is -0.276 e. The smallest absolute Gasteiger partial charge is 0.269 e. The molecule has 0 bridgehead atoms. The summed E-state index contributed by atoms with van der Waals surface area (Å²) in [5.74, 6) is -0.123. The minimum absolute atomic E-state index is 0.0211. The maximum atomic E-state index is 13.5. The molecule has 31 heavy (non-hydrogen) atoms. The lowest BCUT2D eigenvalue weighted by molar-refractivity contribution is -0.384. The Morgan fingerprint density at radius 3 is 2.16 bits per heavy atom. The summed E-state index contributed by atoms with van der Waals surface area (Å²) < 4.78 is 0. The molecule has 154 valence electrons. The van der Waals surface area contributed by atoms with Crippen molar-refractivity contribution in [3.05, 3.63) is 116 Å². The molecule has 0 unspecified atom stereocenters. The Hall–Kier alpha value is -3.99. The summed E-state index contributed by atoms with van der Waals surface area (Å²) in [6.07, 6.45) is 3.65. The minimum atomic E-state index is -0.435. The molecule has 4 rings (SSSR count). The zero-order valence-electron chi connectivity index (χ0n) is 17.6. The highest BCUT2D eigenvalue weighted by molar-refractivity contribution is 6.23. The number of amides is 1. The monoisotopic (exact) mass is 410 g/mol. The van der Waals surface area contributed by atoms with Crippen LogP contribution in [-0.2, 0) is 4.79 Å². The number of hydrogen-bond acceptors (Lipinski definition) is 3. The molecule has 5 nitrogen and oxygen atoms in total. The van der Waals surface area contributed by atoms with Gasteiger partial charge < -0.3 is 0 Å². The van der Waals surface area contributed by atoms with Gasteiger partial charge in [0.25, 0.3) is 11.6 Å². The first-order valence-electron chi connectivity index (χ1n) is 10.00. The Bertz CT molecular complexity index is 1240. The Kier molecular flexibility index (Phi) is 5.26. The van der Waals surface area contributed by atoms with Gasteiger partial charge in [-0.25, -0.2) is 0 Å². The molecule has 3 aromatic carbocycles. The van der Waals surface area contributed by atoms with E-state index in [0.29, 0.717) is 5.57 Å². The molecule has 0 radical (unpaired) electrons. The van der Waals surface area contributed by atoms with Gasteiger partial charge in [-0.2, -0.15) is 0 Å². The lowest BCUT2D eigenvalue weighted by atomic mass is 10.1. The second kappa shape index (κ2) is 8.03. The number of benzene rings is 3. The SMILES string of the molecule is Cc1ccc(C2=C/C(=C\c3ccc([N+](=O)[O-])cc3)C(=O)N2c2cc(C)ccc2C)cc1. The fourth-order valence-electron chi connectivity index (χ4n) is 3.62. The normalized spacial score (nSPS) is 14.8. The van der Waals surface area contributed by atoms with Crippen LogP contribution in [-0.4, -0.2) is 10.8 Å². The Balaban J connectivity index is 1.82. The number of anilines is 1. The highest BCUT2D eigenvalue weighted by atomic mass is 16.6. The third-order valence-electron chi connectivity index (χ3n) is 5.36. The number of rotatable bonds is 4. The third kappa shape index (κ3) is 4.03. The van der Waals surface area contributed by atoms with Crippen molar-refractivity contribution in [1.29, 1.82) is 0 Å². The molecule has 0 aliphatic carbocycles. The van der Waals surface area contributed by atoms with E-state index in [1.165, 1.54) is 12.1 Å². The van der Waals surface area contributed by atoms with Crippen molar-refractivity contribution in [2.24, 2.45) is 0 Å². The third-order valence-corrected chi connectivity index (χ3v) is 5.36. The number of carbonyl (C=O) groups is 1. The average Bonchev–Trinajstić information content (AvgIpc) is 3.06. The van der Waals surface area contributed by atoms with E-state index in [2.05, 4.69) is 0 Å². The van der Waals surface area contributed by atoms with Crippen LogP contribution >= 0.6 is 0 Å². The van der Waals surface area contributed by atoms with Crippen molar-refractivity contribution in [3.8, 4) is 0 Å². The Morgan fingerprint density at radius 1 is 0.871 bits per heavy atom. The molecule has 1 amide bonds. The van der Waals surface area contributed by atoms with Crippen LogP contribution in [0.4, 0.5) is 11.4 Å². The van der Waals surface area contributed by atoms with Gasteiger partial charge in [-0.1, -0.05) is 42.0 Å². The van der Waals surface area contributed by atoms with Gasteiger partial charge in [0.05, 0.1) is 16.3 Å². The lowest BCUT2D eigenvalue weighted by Gasteiger charge is -2.23. The number of hydrogen-bond donors (Lipinski definition) is 0. The van der Waals surface area contributed by atoms with Gasteiger partial charge in [-0.3, -0.25) is 19.8 Å². The number of carbonyl (C=O) groups excluding carboxylic acids is 1. The van der Waals surface area contributed by atoms with Gasteiger partial charge in [0.1, 0.15) is 0 Å². The molecule has 3 aromatic rings. The number of aryl methyl sites for hydroxylation is 3. The lowest BCUT2D eigenvalue weighted by Crippen LogP contribution is -2.25. The van der Waals surface area contributed by atoms with Crippen molar-refractivity contribution >= 4 is 29.1 Å². The van der Waals surface area contributed by atoms with Crippen LogP contribution in [0.5, 0.6) is 0 Å². The first-order valence-corrected chi connectivity index (χ1v) is 10.00. The average molecular weight is 410 g/mol. The fraction of sp³-hybridized carbons (Fsp3) is 0.115. The maximum absolute atomic E-state index is 13.5. The van der Waals surface area contributed by atoms with Gasteiger partial charge in [0, 0.05) is 17.7 Å². The molecule has 1 aliphatic heterocycles. The standard InChI is InChI=1S/C26H22N2O3/c1-17-5-10-21(11-6-17)25-16-22(15-20-8-12-23(13-9-20)28(30)31)26(29)27(25)24-14-18(2)4-7-19(24)3/h4-16H,1-3H3/b22-15+. The topological polar surface area (TPSA) is 63.5 Å². The molecular formula is C26H22N2O3. The summed E-state index contributed by atoms with van der Waals surface area (Å²) in [5, 5.41) is 10.9. The van der Waals surface area contributed by atoms with Crippen LogP contribution in [0.2, 0.25) is 0 Å². The molecule has 0 spiro atoms. The second-order valence-electron chi connectivity index (χ2n) is 7.77. The van der Waals surface area contributed by atoms with Crippen LogP contribution < -0.4 is 4.90 Å². The van der Waals surface area contributed by atoms with Crippen molar-refractivity contribution in [2.45, 2.75) is 20.8 Å². The summed E-state index contributed by atoms with van der Waals surface area (Å²) in [7, 11) is 0. The van der Waals surface area contributed by atoms with Gasteiger partial charge in [-0.15, -0.1) is 0 Å². The van der Waals surface area contributed by atoms with Crippen LogP contribution in [0.25, 0.3) is 11.8 Å². The molecule has 0 N–H and O–H groups in total. The number of nitro groups is 1. The highest BCUT2D eigenvalue weighted by Crippen LogP contribution is 2.37. The van der Waals surface area contributed by atoms with Crippen molar-refractivity contribution in [2.75, 3.05) is 4.90 Å². The number of nitrogens with zero attached hydrogens (tertiary/aromatic N) is 2. The zero-order valence-corrected chi connectivity index (χ0v) is 17.6. The second-order valence-corrected chi connectivity index (χ2v) is 7.77. The van der Waals surface area contributed by atoms with E-state index in [1.54, 1.807) is 23.1 Å². The molecule has 5 heteroatoms. The Labute approximate surface area is 181 Å². The van der Waals surface area contributed by atoms with E-state index in [1.807, 2.05) is 69.3 Å². The summed E-state index contributed by atoms with van der Waals surface area (Å²) in [5.41, 5.74) is 7.13. The van der Waals surface area contributed by atoms with Gasteiger partial charge in [0.2, 0.25) is 0 Å². The quantitative estimate of drug-likeness (QED) is 0.301. The molecule has 0 saturated heterocycles. The van der Waals surface area contributed by atoms with Crippen LogP contribution in [0.15, 0.2) is 78.4 Å². The molecule has 1 heterocycles. The van der Waals surface area contributed by atoms with Crippen LogP contribution in [0.3, 0.4) is 0 Å². The molecule has 1 aliphatic rings. The van der Waals surface area contributed by atoms with Crippen molar-refractivity contribution in [1.82, 2.24) is 0 Å². The van der Waals surface area contributed by atoms with E-state index in [-0.39, 0.29) is 11.6 Å². The van der Waals surface area contributed by atoms with Crippen LogP contribution in [0, 0.1) is 30.9 Å². The maximum Gasteiger partial charge on any atom is 0.269 e.